The van der Waals surface area contributed by atoms with E-state index < -0.39 is 17.9 Å². The number of hydrogen-bond donors (Lipinski definition) is 2. The fourth-order valence-corrected chi connectivity index (χ4v) is 2.46. The van der Waals surface area contributed by atoms with Gasteiger partial charge in [0.25, 0.3) is 11.8 Å². The first-order chi connectivity index (χ1) is 13.9. The number of hydrogen-bond acceptors (Lipinski definition) is 5. The first-order valence-electron chi connectivity index (χ1n) is 9.55. The monoisotopic (exact) mass is 400 g/mol. The lowest BCUT2D eigenvalue weighted by atomic mass is 9.99. The number of carbonyl (C=O) groups excluding carboxylic acids is 2. The Hall–Kier alpha value is -3.22. The van der Waals surface area contributed by atoms with Crippen molar-refractivity contribution in [3.63, 3.8) is 0 Å². The summed E-state index contributed by atoms with van der Waals surface area (Å²) in [6.07, 6.45) is 0.265. The lowest BCUT2D eigenvalue weighted by Gasteiger charge is -2.15. The summed E-state index contributed by atoms with van der Waals surface area (Å²) in [5.41, 5.74) is 5.86. The summed E-state index contributed by atoms with van der Waals surface area (Å²) in [4.78, 5) is 24.0. The zero-order valence-corrected chi connectivity index (χ0v) is 17.2. The molecule has 0 aliphatic heterocycles. The molecular weight excluding hydrogens is 372 g/mol. The van der Waals surface area contributed by atoms with E-state index in [4.69, 9.17) is 14.2 Å². The molecule has 0 saturated heterocycles. The van der Waals surface area contributed by atoms with Gasteiger partial charge in [0.1, 0.15) is 17.2 Å². The van der Waals surface area contributed by atoms with Crippen LogP contribution >= 0.6 is 0 Å². The fourth-order valence-electron chi connectivity index (χ4n) is 2.46. The second-order valence-corrected chi connectivity index (χ2v) is 6.64. The maximum absolute atomic E-state index is 12.1. The molecule has 0 saturated carbocycles. The van der Waals surface area contributed by atoms with Gasteiger partial charge in [-0.3, -0.25) is 20.4 Å². The number of hydrazine groups is 1. The van der Waals surface area contributed by atoms with Gasteiger partial charge in [-0.25, -0.2) is 0 Å². The van der Waals surface area contributed by atoms with Gasteiger partial charge in [0.2, 0.25) is 0 Å². The predicted molar refractivity (Wildman–Crippen MR) is 110 cm³/mol. The molecule has 2 aromatic rings. The molecule has 0 spiro atoms. The van der Waals surface area contributed by atoms with Gasteiger partial charge in [-0.05, 0) is 61.2 Å². The average molecular weight is 400 g/mol. The van der Waals surface area contributed by atoms with Gasteiger partial charge < -0.3 is 14.2 Å². The first kappa shape index (κ1) is 22.1. The molecule has 0 aliphatic rings. The number of nitrogens with one attached hydrogen (secondary N) is 2. The third kappa shape index (κ3) is 7.03. The van der Waals surface area contributed by atoms with Crippen molar-refractivity contribution < 1.29 is 23.8 Å². The summed E-state index contributed by atoms with van der Waals surface area (Å²) in [6.45, 7) is 5.67. The van der Waals surface area contributed by atoms with Crippen LogP contribution in [0.25, 0.3) is 0 Å². The predicted octanol–water partition coefficient (Wildman–Crippen LogP) is 3.20. The molecule has 0 radical (unpaired) electrons. The smallest absolute Gasteiger partial charge is 0.279 e. The second kappa shape index (κ2) is 10.9. The highest BCUT2D eigenvalue weighted by Crippen LogP contribution is 2.21. The maximum Gasteiger partial charge on any atom is 0.279 e. The molecule has 0 bridgehead atoms. The van der Waals surface area contributed by atoms with Crippen LogP contribution in [0.4, 0.5) is 0 Å². The highest BCUT2D eigenvalue weighted by atomic mass is 16.5. The number of carbonyl (C=O) groups is 2. The number of ether oxygens (including phenoxy) is 3. The van der Waals surface area contributed by atoms with Crippen LogP contribution in [0, 0.1) is 0 Å². The van der Waals surface area contributed by atoms with E-state index in [9.17, 15) is 9.59 Å². The molecule has 0 aliphatic carbocycles. The zero-order valence-electron chi connectivity index (χ0n) is 17.2. The molecule has 2 aromatic carbocycles. The van der Waals surface area contributed by atoms with Gasteiger partial charge in [-0.2, -0.15) is 0 Å². The van der Waals surface area contributed by atoms with Crippen molar-refractivity contribution in [3.05, 3.63) is 54.1 Å². The molecule has 0 heterocycles. The Morgan fingerprint density at radius 2 is 1.48 bits per heavy atom. The largest absolute Gasteiger partial charge is 0.497 e. The Morgan fingerprint density at radius 3 is 2.07 bits per heavy atom. The Bertz CT molecular complexity index is 790. The molecular formula is C22H28N2O5. The lowest BCUT2D eigenvalue weighted by Crippen LogP contribution is -2.48. The number of methoxy groups -OCH3 is 1. The summed E-state index contributed by atoms with van der Waals surface area (Å²) in [7, 11) is 1.57. The Balaban J connectivity index is 1.72. The highest BCUT2D eigenvalue weighted by Gasteiger charge is 2.15. The first-order valence-corrected chi connectivity index (χ1v) is 9.55. The van der Waals surface area contributed by atoms with E-state index in [-0.39, 0.29) is 6.61 Å². The van der Waals surface area contributed by atoms with Crippen LogP contribution in [0.15, 0.2) is 48.5 Å². The molecule has 29 heavy (non-hydrogen) atoms. The van der Waals surface area contributed by atoms with Crippen molar-refractivity contribution in [2.24, 2.45) is 0 Å². The fraction of sp³-hybridized carbons (Fsp3) is 0.364. The van der Waals surface area contributed by atoms with E-state index in [1.54, 1.807) is 38.3 Å². The maximum atomic E-state index is 12.1. The van der Waals surface area contributed by atoms with Gasteiger partial charge in [0.05, 0.1) is 7.11 Å². The van der Waals surface area contributed by atoms with Crippen LogP contribution in [-0.2, 0) is 9.59 Å². The summed E-state index contributed by atoms with van der Waals surface area (Å²) in [6, 6.07) is 14.5. The van der Waals surface area contributed by atoms with Gasteiger partial charge in [-0.15, -0.1) is 0 Å². The number of benzene rings is 2. The minimum atomic E-state index is -0.794. The van der Waals surface area contributed by atoms with Gasteiger partial charge in [0, 0.05) is 0 Å². The van der Waals surface area contributed by atoms with E-state index in [1.165, 1.54) is 5.56 Å². The number of rotatable bonds is 9. The van der Waals surface area contributed by atoms with Crippen LogP contribution < -0.4 is 25.1 Å². The second-order valence-electron chi connectivity index (χ2n) is 6.64. The van der Waals surface area contributed by atoms with Crippen LogP contribution in [0.2, 0.25) is 0 Å². The van der Waals surface area contributed by atoms with Crippen molar-refractivity contribution >= 4 is 11.8 Å². The van der Waals surface area contributed by atoms with Crippen molar-refractivity contribution in [2.75, 3.05) is 13.7 Å². The van der Waals surface area contributed by atoms with Crippen molar-refractivity contribution in [3.8, 4) is 17.2 Å². The van der Waals surface area contributed by atoms with E-state index in [0.29, 0.717) is 23.2 Å². The van der Waals surface area contributed by atoms with E-state index >= 15 is 0 Å². The van der Waals surface area contributed by atoms with Crippen LogP contribution in [0.1, 0.15) is 38.7 Å². The molecule has 2 unspecified atom stereocenters. The van der Waals surface area contributed by atoms with E-state index in [2.05, 4.69) is 24.7 Å². The summed E-state index contributed by atoms with van der Waals surface area (Å²) >= 11 is 0. The Labute approximate surface area is 171 Å². The minimum Gasteiger partial charge on any atom is -0.497 e. The summed E-state index contributed by atoms with van der Waals surface area (Å²) in [5.74, 6) is 1.33. The molecule has 2 atom stereocenters. The molecule has 7 nitrogen and oxygen atoms in total. The number of amides is 2. The zero-order chi connectivity index (χ0) is 21.2. The normalized spacial score (nSPS) is 12.4. The molecule has 2 rings (SSSR count). The van der Waals surface area contributed by atoms with Gasteiger partial charge >= 0.3 is 0 Å². The Morgan fingerprint density at radius 1 is 0.897 bits per heavy atom. The topological polar surface area (TPSA) is 85.9 Å². The minimum absolute atomic E-state index is 0.212. The third-order valence-corrected chi connectivity index (χ3v) is 4.50. The van der Waals surface area contributed by atoms with Crippen molar-refractivity contribution in [1.82, 2.24) is 10.9 Å². The van der Waals surface area contributed by atoms with Crippen molar-refractivity contribution in [1.29, 1.82) is 0 Å². The third-order valence-electron chi connectivity index (χ3n) is 4.50. The average Bonchev–Trinajstić information content (AvgIpc) is 2.76. The molecule has 7 heteroatoms. The molecule has 2 amide bonds. The lowest BCUT2D eigenvalue weighted by molar-refractivity contribution is -0.133. The summed E-state index contributed by atoms with van der Waals surface area (Å²) in [5, 5.41) is 0. The molecule has 2 N–H and O–H groups in total. The quantitative estimate of drug-likeness (QED) is 0.632. The van der Waals surface area contributed by atoms with Gasteiger partial charge in [0.15, 0.2) is 12.7 Å². The standard InChI is InChI=1S/C22H28N2O5/c1-5-15(2)17-6-8-19(9-7-17)28-14-21(25)23-24-22(26)16(3)29-20-12-10-18(27-4)11-13-20/h6-13,15-16H,5,14H2,1-4H3,(H,23,25)(H,24,26). The molecule has 0 aromatic heterocycles. The van der Waals surface area contributed by atoms with Gasteiger partial charge in [-0.1, -0.05) is 26.0 Å². The van der Waals surface area contributed by atoms with E-state index in [1.807, 2.05) is 24.3 Å². The highest BCUT2D eigenvalue weighted by molar-refractivity contribution is 5.85. The SMILES string of the molecule is CCC(C)c1ccc(OCC(=O)NNC(=O)C(C)Oc2ccc(OC)cc2)cc1. The Kier molecular flexibility index (Phi) is 8.33. The van der Waals surface area contributed by atoms with Crippen molar-refractivity contribution in [2.45, 2.75) is 39.2 Å². The summed E-state index contributed by atoms with van der Waals surface area (Å²) < 4.78 is 16.0. The van der Waals surface area contributed by atoms with E-state index in [0.717, 1.165) is 6.42 Å². The molecule has 156 valence electrons. The van der Waals surface area contributed by atoms with Crippen LogP contribution in [0.3, 0.4) is 0 Å². The molecule has 0 fully saturated rings. The van der Waals surface area contributed by atoms with Crippen LogP contribution in [-0.4, -0.2) is 31.6 Å². The van der Waals surface area contributed by atoms with Crippen LogP contribution in [0.5, 0.6) is 17.2 Å².